The molecule has 1 saturated carbocycles. The Bertz CT molecular complexity index is 216. The first-order valence-electron chi connectivity index (χ1n) is 5.41. The number of morpholine rings is 1. The maximum Gasteiger partial charge on any atom is 0.248 e. The molecule has 1 spiro atoms. The fraction of sp³-hybridized carbons (Fsp3) is 0.900. The van der Waals surface area contributed by atoms with Gasteiger partial charge in [0.1, 0.15) is 0 Å². The van der Waals surface area contributed by atoms with Crippen LogP contribution in [0.2, 0.25) is 0 Å². The van der Waals surface area contributed by atoms with Crippen molar-refractivity contribution in [1.82, 2.24) is 5.32 Å². The van der Waals surface area contributed by atoms with Crippen LogP contribution in [0.25, 0.3) is 0 Å². The van der Waals surface area contributed by atoms with E-state index < -0.39 is 6.10 Å². The highest BCUT2D eigenvalue weighted by Crippen LogP contribution is 2.33. The third-order valence-electron chi connectivity index (χ3n) is 3.37. The predicted octanol–water partition coefficient (Wildman–Crippen LogP) is 0.163. The highest BCUT2D eigenvalue weighted by Gasteiger charge is 2.45. The Balaban J connectivity index is 2.14. The van der Waals surface area contributed by atoms with E-state index in [0.29, 0.717) is 6.61 Å². The second-order valence-electron chi connectivity index (χ2n) is 4.30. The van der Waals surface area contributed by atoms with Gasteiger partial charge in [-0.3, -0.25) is 4.79 Å². The van der Waals surface area contributed by atoms with Crippen LogP contribution in [0.5, 0.6) is 0 Å². The molecular weight excluding hydrogens is 180 g/mol. The normalized spacial score (nSPS) is 31.6. The molecule has 1 aliphatic carbocycles. The lowest BCUT2D eigenvalue weighted by Crippen LogP contribution is -2.64. The molecule has 1 saturated heterocycles. The number of hydrogen-bond donors (Lipinski definition) is 2. The lowest BCUT2D eigenvalue weighted by Gasteiger charge is -2.45. The van der Waals surface area contributed by atoms with Gasteiger partial charge in [0.25, 0.3) is 0 Å². The van der Waals surface area contributed by atoms with Crippen molar-refractivity contribution in [3.8, 4) is 0 Å². The highest BCUT2D eigenvalue weighted by molar-refractivity contribution is 5.80. The second-order valence-corrected chi connectivity index (χ2v) is 4.30. The first kappa shape index (κ1) is 9.93. The molecule has 4 nitrogen and oxygen atoms in total. The Labute approximate surface area is 84.2 Å². The first-order valence-corrected chi connectivity index (χ1v) is 5.41. The van der Waals surface area contributed by atoms with E-state index in [1.165, 1.54) is 19.3 Å². The summed E-state index contributed by atoms with van der Waals surface area (Å²) in [7, 11) is 0. The molecule has 0 aromatic rings. The minimum absolute atomic E-state index is 0.150. The van der Waals surface area contributed by atoms with Gasteiger partial charge >= 0.3 is 0 Å². The molecule has 2 fully saturated rings. The van der Waals surface area contributed by atoms with Gasteiger partial charge in [0.05, 0.1) is 12.1 Å². The minimum Gasteiger partial charge on any atom is -0.367 e. The van der Waals surface area contributed by atoms with E-state index in [-0.39, 0.29) is 11.4 Å². The Morgan fingerprint density at radius 2 is 2.07 bits per heavy atom. The van der Waals surface area contributed by atoms with Crippen molar-refractivity contribution < 1.29 is 9.53 Å². The standard InChI is InChI=1S/C10H18N2O2/c11-9(13)8-10(12-6-7-14-8)4-2-1-3-5-10/h8,12H,1-7H2,(H2,11,13). The van der Waals surface area contributed by atoms with Crippen molar-refractivity contribution >= 4 is 5.91 Å². The van der Waals surface area contributed by atoms with Crippen molar-refractivity contribution in [2.45, 2.75) is 43.7 Å². The Hall–Kier alpha value is -0.610. The van der Waals surface area contributed by atoms with E-state index >= 15 is 0 Å². The number of carbonyl (C=O) groups excluding carboxylic acids is 1. The molecule has 0 aromatic carbocycles. The summed E-state index contributed by atoms with van der Waals surface area (Å²) >= 11 is 0. The van der Waals surface area contributed by atoms with Gasteiger partial charge in [-0.25, -0.2) is 0 Å². The Morgan fingerprint density at radius 3 is 2.71 bits per heavy atom. The summed E-state index contributed by atoms with van der Waals surface area (Å²) in [5.74, 6) is -0.320. The third-order valence-corrected chi connectivity index (χ3v) is 3.37. The molecule has 14 heavy (non-hydrogen) atoms. The van der Waals surface area contributed by atoms with Crippen LogP contribution in [0.4, 0.5) is 0 Å². The van der Waals surface area contributed by atoms with Gasteiger partial charge in [-0.05, 0) is 12.8 Å². The number of amides is 1. The topological polar surface area (TPSA) is 64.4 Å². The van der Waals surface area contributed by atoms with Crippen LogP contribution in [-0.2, 0) is 9.53 Å². The van der Waals surface area contributed by atoms with Gasteiger partial charge < -0.3 is 15.8 Å². The van der Waals surface area contributed by atoms with Crippen LogP contribution in [0.1, 0.15) is 32.1 Å². The van der Waals surface area contributed by atoms with E-state index in [1.54, 1.807) is 0 Å². The number of carbonyl (C=O) groups is 1. The number of rotatable bonds is 1. The number of ether oxygens (including phenoxy) is 1. The summed E-state index contributed by atoms with van der Waals surface area (Å²) in [6.45, 7) is 1.43. The van der Waals surface area contributed by atoms with Gasteiger partial charge in [-0.15, -0.1) is 0 Å². The van der Waals surface area contributed by atoms with Crippen LogP contribution in [0, 0.1) is 0 Å². The minimum atomic E-state index is -0.420. The summed E-state index contributed by atoms with van der Waals surface area (Å²) in [5, 5.41) is 3.44. The van der Waals surface area contributed by atoms with Crippen molar-refractivity contribution in [3.05, 3.63) is 0 Å². The molecule has 0 aromatic heterocycles. The van der Waals surface area contributed by atoms with E-state index in [2.05, 4.69) is 5.32 Å². The molecule has 1 heterocycles. The number of hydrogen-bond acceptors (Lipinski definition) is 3. The van der Waals surface area contributed by atoms with E-state index in [1.807, 2.05) is 0 Å². The molecule has 80 valence electrons. The zero-order valence-electron chi connectivity index (χ0n) is 8.42. The van der Waals surface area contributed by atoms with Gasteiger partial charge in [0.2, 0.25) is 5.91 Å². The van der Waals surface area contributed by atoms with Gasteiger partial charge in [-0.2, -0.15) is 0 Å². The quantitative estimate of drug-likeness (QED) is 0.631. The van der Waals surface area contributed by atoms with Crippen molar-refractivity contribution in [1.29, 1.82) is 0 Å². The van der Waals surface area contributed by atoms with Crippen LogP contribution in [0.15, 0.2) is 0 Å². The first-order chi connectivity index (χ1) is 6.75. The highest BCUT2D eigenvalue weighted by atomic mass is 16.5. The van der Waals surface area contributed by atoms with Crippen LogP contribution in [-0.4, -0.2) is 30.7 Å². The van der Waals surface area contributed by atoms with Crippen molar-refractivity contribution in [3.63, 3.8) is 0 Å². The van der Waals surface area contributed by atoms with Crippen LogP contribution >= 0.6 is 0 Å². The summed E-state index contributed by atoms with van der Waals surface area (Å²) in [6, 6.07) is 0. The summed E-state index contributed by atoms with van der Waals surface area (Å²) < 4.78 is 5.50. The zero-order chi connectivity index (χ0) is 10.0. The maximum absolute atomic E-state index is 11.3. The van der Waals surface area contributed by atoms with E-state index in [0.717, 1.165) is 19.4 Å². The molecule has 1 unspecified atom stereocenters. The zero-order valence-corrected chi connectivity index (χ0v) is 8.42. The summed E-state index contributed by atoms with van der Waals surface area (Å²) in [6.07, 6.45) is 5.20. The molecule has 4 heteroatoms. The Morgan fingerprint density at radius 1 is 1.36 bits per heavy atom. The summed E-state index contributed by atoms with van der Waals surface area (Å²) in [5.41, 5.74) is 5.22. The van der Waals surface area contributed by atoms with E-state index in [9.17, 15) is 4.79 Å². The smallest absolute Gasteiger partial charge is 0.248 e. The summed E-state index contributed by atoms with van der Waals surface area (Å²) in [4.78, 5) is 11.3. The molecule has 2 rings (SSSR count). The Kier molecular flexibility index (Phi) is 2.74. The van der Waals surface area contributed by atoms with Crippen molar-refractivity contribution in [2.75, 3.05) is 13.2 Å². The lowest BCUT2D eigenvalue weighted by atomic mass is 9.76. The second kappa shape index (κ2) is 3.87. The molecule has 2 aliphatic rings. The van der Waals surface area contributed by atoms with Crippen molar-refractivity contribution in [2.24, 2.45) is 5.73 Å². The van der Waals surface area contributed by atoms with Crippen LogP contribution in [0.3, 0.4) is 0 Å². The van der Waals surface area contributed by atoms with Gasteiger partial charge in [-0.1, -0.05) is 19.3 Å². The molecular formula is C10H18N2O2. The van der Waals surface area contributed by atoms with E-state index in [4.69, 9.17) is 10.5 Å². The fourth-order valence-electron chi connectivity index (χ4n) is 2.71. The third kappa shape index (κ3) is 1.64. The number of primary amides is 1. The fourth-order valence-corrected chi connectivity index (χ4v) is 2.71. The van der Waals surface area contributed by atoms with Gasteiger partial charge in [0.15, 0.2) is 6.10 Å². The number of nitrogens with two attached hydrogens (primary N) is 1. The van der Waals surface area contributed by atoms with Gasteiger partial charge in [0, 0.05) is 6.54 Å². The molecule has 1 aliphatic heterocycles. The molecule has 1 atom stereocenters. The SMILES string of the molecule is NC(=O)C1OCCNC12CCCCC2. The largest absolute Gasteiger partial charge is 0.367 e. The number of nitrogens with one attached hydrogen (secondary N) is 1. The molecule has 0 bridgehead atoms. The average Bonchev–Trinajstić information content (AvgIpc) is 2.19. The lowest BCUT2D eigenvalue weighted by molar-refractivity contribution is -0.142. The maximum atomic E-state index is 11.3. The molecule has 1 amide bonds. The monoisotopic (exact) mass is 198 g/mol. The van der Waals surface area contributed by atoms with Crippen LogP contribution < -0.4 is 11.1 Å². The molecule has 0 radical (unpaired) electrons. The predicted molar refractivity (Wildman–Crippen MR) is 52.8 cm³/mol. The average molecular weight is 198 g/mol. The molecule has 3 N–H and O–H groups in total.